The van der Waals surface area contributed by atoms with Gasteiger partial charge in [0.1, 0.15) is 0 Å². The largest absolute Gasteiger partial charge is 0.465 e. The summed E-state index contributed by atoms with van der Waals surface area (Å²) < 4.78 is 0. The molecule has 0 aromatic rings. The fourth-order valence-electron chi connectivity index (χ4n) is 2.04. The summed E-state index contributed by atoms with van der Waals surface area (Å²) in [5.41, 5.74) is 0. The van der Waals surface area contributed by atoms with Crippen LogP contribution in [-0.4, -0.2) is 17.7 Å². The molecule has 0 radical (unpaired) electrons. The van der Waals surface area contributed by atoms with Crippen LogP contribution in [0.1, 0.15) is 44.9 Å². The molecule has 0 bridgehead atoms. The lowest BCUT2D eigenvalue weighted by Gasteiger charge is -2.12. The Morgan fingerprint density at radius 2 is 1.85 bits per heavy atom. The summed E-state index contributed by atoms with van der Waals surface area (Å²) in [6.07, 6.45) is 8.10. The molecule has 76 valence electrons. The topological polar surface area (TPSA) is 49.3 Å². The van der Waals surface area contributed by atoms with E-state index in [0.29, 0.717) is 6.54 Å². The van der Waals surface area contributed by atoms with Crippen molar-refractivity contribution in [3.8, 4) is 0 Å². The molecule has 3 nitrogen and oxygen atoms in total. The lowest BCUT2D eigenvalue weighted by molar-refractivity contribution is 0.193. The van der Waals surface area contributed by atoms with Gasteiger partial charge in [-0.15, -0.1) is 0 Å². The van der Waals surface area contributed by atoms with E-state index in [9.17, 15) is 4.79 Å². The van der Waals surface area contributed by atoms with Gasteiger partial charge in [0.15, 0.2) is 0 Å². The van der Waals surface area contributed by atoms with E-state index in [1.165, 1.54) is 38.5 Å². The third-order valence-electron chi connectivity index (χ3n) is 2.80. The monoisotopic (exact) mass is 185 g/mol. The van der Waals surface area contributed by atoms with Crippen molar-refractivity contribution in [2.45, 2.75) is 44.9 Å². The number of hydrogen-bond donors (Lipinski definition) is 2. The van der Waals surface area contributed by atoms with Crippen LogP contribution in [0.3, 0.4) is 0 Å². The van der Waals surface area contributed by atoms with Crippen molar-refractivity contribution in [3.63, 3.8) is 0 Å². The molecule has 1 aliphatic rings. The van der Waals surface area contributed by atoms with Gasteiger partial charge in [-0.3, -0.25) is 0 Å². The Morgan fingerprint density at radius 3 is 2.38 bits per heavy atom. The van der Waals surface area contributed by atoms with Crippen LogP contribution in [0.25, 0.3) is 0 Å². The minimum Gasteiger partial charge on any atom is -0.465 e. The SMILES string of the molecule is O=C(O)NCCC1CCCCCC1. The van der Waals surface area contributed by atoms with E-state index in [0.717, 1.165) is 12.3 Å². The average Bonchev–Trinajstić information content (AvgIpc) is 2.32. The molecule has 0 unspecified atom stereocenters. The molecule has 0 aromatic carbocycles. The summed E-state index contributed by atoms with van der Waals surface area (Å²) in [4.78, 5) is 10.2. The zero-order chi connectivity index (χ0) is 9.52. The maximum atomic E-state index is 10.2. The summed E-state index contributed by atoms with van der Waals surface area (Å²) in [6.45, 7) is 0.625. The summed E-state index contributed by atoms with van der Waals surface area (Å²) in [6, 6.07) is 0. The highest BCUT2D eigenvalue weighted by Crippen LogP contribution is 2.24. The van der Waals surface area contributed by atoms with Crippen molar-refractivity contribution >= 4 is 6.09 Å². The summed E-state index contributed by atoms with van der Waals surface area (Å²) in [5.74, 6) is 0.759. The summed E-state index contributed by atoms with van der Waals surface area (Å²) in [5, 5.41) is 10.8. The number of carbonyl (C=O) groups is 1. The van der Waals surface area contributed by atoms with Crippen LogP contribution in [0, 0.1) is 5.92 Å². The summed E-state index contributed by atoms with van der Waals surface area (Å²) in [7, 11) is 0. The third-order valence-corrected chi connectivity index (χ3v) is 2.80. The van der Waals surface area contributed by atoms with Gasteiger partial charge in [-0.1, -0.05) is 38.5 Å². The molecule has 1 rings (SSSR count). The molecule has 0 spiro atoms. The van der Waals surface area contributed by atoms with Crippen LogP contribution in [-0.2, 0) is 0 Å². The maximum absolute atomic E-state index is 10.2. The molecular weight excluding hydrogens is 166 g/mol. The minimum atomic E-state index is -0.895. The fourth-order valence-corrected chi connectivity index (χ4v) is 2.04. The first-order valence-electron chi connectivity index (χ1n) is 5.26. The molecule has 1 fully saturated rings. The van der Waals surface area contributed by atoms with Gasteiger partial charge >= 0.3 is 6.09 Å². The molecule has 1 aliphatic carbocycles. The Labute approximate surface area is 79.5 Å². The number of hydrogen-bond acceptors (Lipinski definition) is 1. The highest BCUT2D eigenvalue weighted by atomic mass is 16.4. The molecule has 0 aromatic heterocycles. The van der Waals surface area contributed by atoms with E-state index >= 15 is 0 Å². The van der Waals surface area contributed by atoms with Gasteiger partial charge in [-0.2, -0.15) is 0 Å². The third kappa shape index (κ3) is 4.76. The lowest BCUT2D eigenvalue weighted by Crippen LogP contribution is -2.23. The van der Waals surface area contributed by atoms with Crippen LogP contribution in [0.15, 0.2) is 0 Å². The van der Waals surface area contributed by atoms with Gasteiger partial charge in [0.05, 0.1) is 0 Å². The van der Waals surface area contributed by atoms with Gasteiger partial charge in [-0.25, -0.2) is 4.79 Å². The second-order valence-electron chi connectivity index (χ2n) is 3.88. The number of nitrogens with one attached hydrogen (secondary N) is 1. The Hall–Kier alpha value is -0.730. The van der Waals surface area contributed by atoms with Crippen LogP contribution >= 0.6 is 0 Å². The first-order valence-corrected chi connectivity index (χ1v) is 5.26. The van der Waals surface area contributed by atoms with Crippen molar-refractivity contribution in [1.82, 2.24) is 5.32 Å². The fraction of sp³-hybridized carbons (Fsp3) is 0.900. The Bertz CT molecular complexity index is 151. The van der Waals surface area contributed by atoms with Crippen molar-refractivity contribution < 1.29 is 9.90 Å². The minimum absolute atomic E-state index is 0.625. The van der Waals surface area contributed by atoms with Crippen molar-refractivity contribution in [3.05, 3.63) is 0 Å². The second-order valence-corrected chi connectivity index (χ2v) is 3.88. The molecule has 0 aliphatic heterocycles. The predicted octanol–water partition coefficient (Wildman–Crippen LogP) is 2.61. The zero-order valence-electron chi connectivity index (χ0n) is 8.09. The van der Waals surface area contributed by atoms with E-state index in [2.05, 4.69) is 5.32 Å². The Morgan fingerprint density at radius 1 is 1.23 bits per heavy atom. The number of rotatable bonds is 3. The standard InChI is InChI=1S/C10H19NO2/c12-10(13)11-8-7-9-5-3-1-2-4-6-9/h9,11H,1-8H2,(H,12,13). The van der Waals surface area contributed by atoms with Gasteiger partial charge < -0.3 is 10.4 Å². The van der Waals surface area contributed by atoms with Crippen molar-refractivity contribution in [2.24, 2.45) is 5.92 Å². The first-order chi connectivity index (χ1) is 6.29. The van der Waals surface area contributed by atoms with Crippen LogP contribution in [0.4, 0.5) is 4.79 Å². The van der Waals surface area contributed by atoms with E-state index in [1.54, 1.807) is 0 Å². The molecule has 1 saturated carbocycles. The molecule has 0 saturated heterocycles. The van der Waals surface area contributed by atoms with E-state index in [1.807, 2.05) is 0 Å². The zero-order valence-corrected chi connectivity index (χ0v) is 8.09. The van der Waals surface area contributed by atoms with E-state index in [4.69, 9.17) is 5.11 Å². The van der Waals surface area contributed by atoms with Crippen LogP contribution in [0.5, 0.6) is 0 Å². The molecule has 2 N–H and O–H groups in total. The van der Waals surface area contributed by atoms with Gasteiger partial charge in [0, 0.05) is 6.54 Å². The Balaban J connectivity index is 2.08. The Kier molecular flexibility index (Phi) is 4.65. The molecule has 13 heavy (non-hydrogen) atoms. The second kappa shape index (κ2) is 5.84. The van der Waals surface area contributed by atoms with Crippen molar-refractivity contribution in [1.29, 1.82) is 0 Å². The first kappa shape index (κ1) is 10.4. The normalized spacial score (nSPS) is 19.4. The van der Waals surface area contributed by atoms with E-state index in [-0.39, 0.29) is 0 Å². The quantitative estimate of drug-likeness (QED) is 0.664. The molecule has 1 amide bonds. The molecule has 0 heterocycles. The van der Waals surface area contributed by atoms with Crippen LogP contribution in [0.2, 0.25) is 0 Å². The van der Waals surface area contributed by atoms with Gasteiger partial charge in [-0.05, 0) is 12.3 Å². The molecule has 0 atom stereocenters. The lowest BCUT2D eigenvalue weighted by atomic mass is 9.97. The maximum Gasteiger partial charge on any atom is 0.404 e. The molecule has 3 heteroatoms. The van der Waals surface area contributed by atoms with Crippen LogP contribution < -0.4 is 5.32 Å². The molecular formula is C10H19NO2. The number of carboxylic acid groups (broad SMARTS) is 1. The summed E-state index contributed by atoms with van der Waals surface area (Å²) >= 11 is 0. The highest BCUT2D eigenvalue weighted by molar-refractivity contribution is 5.64. The smallest absolute Gasteiger partial charge is 0.404 e. The van der Waals surface area contributed by atoms with Gasteiger partial charge in [0.25, 0.3) is 0 Å². The number of amides is 1. The highest BCUT2D eigenvalue weighted by Gasteiger charge is 2.11. The van der Waals surface area contributed by atoms with Crippen molar-refractivity contribution in [2.75, 3.05) is 6.54 Å². The van der Waals surface area contributed by atoms with Gasteiger partial charge in [0.2, 0.25) is 0 Å². The van der Waals surface area contributed by atoms with E-state index < -0.39 is 6.09 Å². The predicted molar refractivity (Wildman–Crippen MR) is 51.8 cm³/mol. The average molecular weight is 185 g/mol.